The Morgan fingerprint density at radius 3 is 2.86 bits per heavy atom. The predicted molar refractivity (Wildman–Crippen MR) is 96.2 cm³/mol. The molecule has 4 rings (SSSR count). The molecule has 0 radical (unpaired) electrons. The number of hydrogen-bond acceptors (Lipinski definition) is 5. The fourth-order valence-corrected chi connectivity index (χ4v) is 4.20. The molecule has 28 heavy (non-hydrogen) atoms. The van der Waals surface area contributed by atoms with Crippen LogP contribution in [0.1, 0.15) is 34.9 Å². The number of aromatic nitrogens is 2. The third-order valence-corrected chi connectivity index (χ3v) is 5.69. The van der Waals surface area contributed by atoms with Crippen LogP contribution in [-0.4, -0.2) is 15.4 Å². The molecule has 3 aromatic rings. The maximum atomic E-state index is 13.1. The van der Waals surface area contributed by atoms with E-state index in [-0.39, 0.29) is 17.7 Å². The molecule has 1 aliphatic carbocycles. The van der Waals surface area contributed by atoms with E-state index in [1.807, 2.05) is 0 Å². The van der Waals surface area contributed by atoms with Gasteiger partial charge in [0.2, 0.25) is 0 Å². The zero-order valence-corrected chi connectivity index (χ0v) is 15.5. The Morgan fingerprint density at radius 2 is 2.11 bits per heavy atom. The van der Waals surface area contributed by atoms with Crippen molar-refractivity contribution in [2.24, 2.45) is 5.92 Å². The lowest BCUT2D eigenvalue weighted by molar-refractivity contribution is -0.147. The van der Waals surface area contributed by atoms with Crippen molar-refractivity contribution in [1.82, 2.24) is 9.38 Å². The molecule has 0 bridgehead atoms. The smallest absolute Gasteiger partial charge is 0.416 e. The zero-order chi connectivity index (χ0) is 20.1. The molecule has 1 fully saturated rings. The van der Waals surface area contributed by atoms with Crippen LogP contribution in [0.25, 0.3) is 4.96 Å². The van der Waals surface area contributed by atoms with Gasteiger partial charge in [0.05, 0.1) is 17.2 Å². The number of carbonyl (C=O) groups is 1. The topological polar surface area (TPSA) is 60.7 Å². The summed E-state index contributed by atoms with van der Waals surface area (Å²) in [5, 5.41) is 1.80. The number of thiazole rings is 1. The second-order valence-corrected chi connectivity index (χ2v) is 7.56. The van der Waals surface area contributed by atoms with E-state index in [1.54, 1.807) is 12.3 Å². The summed E-state index contributed by atoms with van der Waals surface area (Å²) in [7, 11) is 0. The average Bonchev–Trinajstić information content (AvgIpc) is 3.36. The predicted octanol–water partition coefficient (Wildman–Crippen LogP) is 3.93. The summed E-state index contributed by atoms with van der Waals surface area (Å²) in [5.74, 6) is -1.70. The normalized spacial score (nSPS) is 19.0. The van der Waals surface area contributed by atoms with Gasteiger partial charge < -0.3 is 4.74 Å². The maximum Gasteiger partial charge on any atom is 0.416 e. The van der Waals surface area contributed by atoms with Crippen LogP contribution < -0.4 is 5.56 Å². The number of aryl methyl sites for hydroxylation is 1. The van der Waals surface area contributed by atoms with Crippen molar-refractivity contribution in [3.63, 3.8) is 0 Å². The first-order valence-corrected chi connectivity index (χ1v) is 9.43. The number of halogens is 3. The number of ether oxygens (including phenoxy) is 1. The number of esters is 1. The van der Waals surface area contributed by atoms with Gasteiger partial charge >= 0.3 is 12.1 Å². The fraction of sp³-hybridized carbons (Fsp3) is 0.316. The van der Waals surface area contributed by atoms with E-state index in [2.05, 4.69) is 4.98 Å². The lowest BCUT2D eigenvalue weighted by atomic mass is 10.0. The van der Waals surface area contributed by atoms with E-state index < -0.39 is 29.5 Å². The molecule has 0 aliphatic heterocycles. The Bertz CT molecular complexity index is 1120. The lowest BCUT2D eigenvalue weighted by Crippen LogP contribution is -2.17. The molecule has 1 aromatic carbocycles. The third kappa shape index (κ3) is 3.42. The molecule has 0 amide bonds. The first-order valence-electron chi connectivity index (χ1n) is 8.55. The van der Waals surface area contributed by atoms with Gasteiger partial charge in [-0.05, 0) is 30.9 Å². The van der Waals surface area contributed by atoms with Gasteiger partial charge in [-0.15, -0.1) is 11.3 Å². The van der Waals surface area contributed by atoms with Crippen LogP contribution in [-0.2, 0) is 22.3 Å². The molecule has 0 N–H and O–H groups in total. The fourth-order valence-electron chi connectivity index (χ4n) is 3.30. The van der Waals surface area contributed by atoms with E-state index >= 15 is 0 Å². The molecule has 9 heteroatoms. The average molecular weight is 408 g/mol. The highest BCUT2D eigenvalue weighted by Crippen LogP contribution is 2.51. The second kappa shape index (κ2) is 6.73. The highest BCUT2D eigenvalue weighted by molar-refractivity contribution is 7.15. The van der Waals surface area contributed by atoms with Gasteiger partial charge in [0.1, 0.15) is 6.61 Å². The number of hydrogen-bond donors (Lipinski definition) is 0. The van der Waals surface area contributed by atoms with Crippen molar-refractivity contribution in [2.75, 3.05) is 0 Å². The molecular formula is C19H15F3N2O3S. The van der Waals surface area contributed by atoms with Crippen LogP contribution in [0.5, 0.6) is 0 Å². The van der Waals surface area contributed by atoms with Crippen molar-refractivity contribution >= 4 is 22.3 Å². The van der Waals surface area contributed by atoms with E-state index in [1.165, 1.54) is 40.0 Å². The summed E-state index contributed by atoms with van der Waals surface area (Å²) in [6.07, 6.45) is -4.15. The van der Waals surface area contributed by atoms with E-state index in [4.69, 9.17) is 4.74 Å². The second-order valence-electron chi connectivity index (χ2n) is 6.72. The number of rotatable bonds is 4. The third-order valence-electron chi connectivity index (χ3n) is 4.75. The summed E-state index contributed by atoms with van der Waals surface area (Å²) in [5.41, 5.74) is 0.212. The quantitative estimate of drug-likeness (QED) is 0.614. The first kappa shape index (κ1) is 18.7. The Balaban J connectivity index is 1.45. The van der Waals surface area contributed by atoms with Crippen molar-refractivity contribution in [3.8, 4) is 0 Å². The van der Waals surface area contributed by atoms with Gasteiger partial charge in [-0.1, -0.05) is 18.2 Å². The van der Waals surface area contributed by atoms with Gasteiger partial charge in [0, 0.05) is 17.1 Å². The van der Waals surface area contributed by atoms with Crippen molar-refractivity contribution in [2.45, 2.75) is 32.0 Å². The number of carbonyl (C=O) groups excluding carboxylic acids is 1. The minimum atomic E-state index is -4.46. The Morgan fingerprint density at radius 1 is 1.36 bits per heavy atom. The minimum Gasteiger partial charge on any atom is -0.459 e. The molecule has 0 unspecified atom stereocenters. The van der Waals surface area contributed by atoms with Crippen LogP contribution in [0.3, 0.4) is 0 Å². The summed E-state index contributed by atoms with van der Waals surface area (Å²) in [6, 6.07) is 6.57. The molecule has 2 heterocycles. The summed E-state index contributed by atoms with van der Waals surface area (Å²) < 4.78 is 46.1. The maximum absolute atomic E-state index is 13.1. The van der Waals surface area contributed by atoms with Gasteiger partial charge in [0.15, 0.2) is 4.96 Å². The molecule has 0 saturated heterocycles. The zero-order valence-electron chi connectivity index (χ0n) is 14.7. The van der Waals surface area contributed by atoms with E-state index in [9.17, 15) is 22.8 Å². The van der Waals surface area contributed by atoms with Crippen LogP contribution in [0, 0.1) is 12.8 Å². The molecule has 0 spiro atoms. The molecule has 1 aliphatic rings. The van der Waals surface area contributed by atoms with Crippen molar-refractivity contribution in [1.29, 1.82) is 0 Å². The molecular weight excluding hydrogens is 393 g/mol. The molecule has 1 saturated carbocycles. The van der Waals surface area contributed by atoms with Crippen LogP contribution in [0.4, 0.5) is 13.2 Å². The number of alkyl halides is 3. The van der Waals surface area contributed by atoms with Gasteiger partial charge in [0.25, 0.3) is 5.56 Å². The van der Waals surface area contributed by atoms with Crippen LogP contribution in [0.2, 0.25) is 0 Å². The molecule has 146 valence electrons. The van der Waals surface area contributed by atoms with Gasteiger partial charge in [-0.3, -0.25) is 14.0 Å². The Hall–Kier alpha value is -2.68. The number of nitrogens with zero attached hydrogens (tertiary/aromatic N) is 2. The highest BCUT2D eigenvalue weighted by atomic mass is 32.1. The van der Waals surface area contributed by atoms with E-state index in [0.29, 0.717) is 17.1 Å². The minimum absolute atomic E-state index is 0.115. The van der Waals surface area contributed by atoms with Crippen LogP contribution in [0.15, 0.2) is 40.5 Å². The number of benzene rings is 1. The first-order chi connectivity index (χ1) is 13.3. The van der Waals surface area contributed by atoms with Crippen molar-refractivity contribution in [3.05, 3.63) is 68.6 Å². The van der Waals surface area contributed by atoms with Crippen molar-refractivity contribution < 1.29 is 22.7 Å². The Kier molecular flexibility index (Phi) is 4.49. The van der Waals surface area contributed by atoms with Crippen LogP contribution >= 0.6 is 11.3 Å². The number of fused-ring (bicyclic) bond motifs is 1. The highest BCUT2D eigenvalue weighted by Gasteiger charge is 2.48. The van der Waals surface area contributed by atoms with E-state index in [0.717, 1.165) is 11.8 Å². The Labute approximate surface area is 161 Å². The summed E-state index contributed by atoms with van der Waals surface area (Å²) in [4.78, 5) is 29.2. The SMILES string of the molecule is Cc1csc2nc(COC(=O)[C@@H]3C[C@@H]3c3ccccc3C(F)(F)F)cc(=O)n12. The largest absolute Gasteiger partial charge is 0.459 e. The van der Waals surface area contributed by atoms with Gasteiger partial charge in [-0.25, -0.2) is 4.98 Å². The molecule has 2 aromatic heterocycles. The molecule has 2 atom stereocenters. The molecule has 5 nitrogen and oxygen atoms in total. The summed E-state index contributed by atoms with van der Waals surface area (Å²) >= 11 is 1.30. The monoisotopic (exact) mass is 408 g/mol. The summed E-state index contributed by atoms with van der Waals surface area (Å²) in [6.45, 7) is 1.60. The van der Waals surface area contributed by atoms with Gasteiger partial charge in [-0.2, -0.15) is 13.2 Å². The standard InChI is InChI=1S/C19H15F3N2O3S/c1-10-9-28-18-23-11(6-16(25)24(10)18)8-27-17(26)14-7-13(14)12-4-2-3-5-15(12)19(20,21)22/h2-6,9,13-14H,7-8H2,1H3/t13-,14-/m1/s1. The lowest BCUT2D eigenvalue weighted by Gasteiger charge is -2.12.